The molecule has 3 heteroatoms. The Bertz CT molecular complexity index is 539. The molecule has 0 radical (unpaired) electrons. The molecule has 1 aliphatic carbocycles. The van der Waals surface area contributed by atoms with Crippen molar-refractivity contribution in [3.63, 3.8) is 0 Å². The predicted molar refractivity (Wildman–Crippen MR) is 76.5 cm³/mol. The average molecular weight is 270 g/mol. The van der Waals surface area contributed by atoms with E-state index in [1.807, 2.05) is 18.2 Å². The van der Waals surface area contributed by atoms with Crippen molar-refractivity contribution >= 4 is 17.3 Å². The number of carbonyl (C=O) groups is 3. The van der Waals surface area contributed by atoms with Crippen LogP contribution in [0.25, 0.3) is 0 Å². The minimum atomic E-state index is -0.833. The van der Waals surface area contributed by atoms with E-state index in [1.54, 1.807) is 25.1 Å². The highest BCUT2D eigenvalue weighted by atomic mass is 16.2. The summed E-state index contributed by atoms with van der Waals surface area (Å²) in [5.74, 6) is 0.00963. The maximum atomic E-state index is 11.8. The Hall–Kier alpha value is -2.03. The van der Waals surface area contributed by atoms with Gasteiger partial charge in [0.15, 0.2) is 5.78 Å². The van der Waals surface area contributed by atoms with Crippen LogP contribution in [-0.2, 0) is 9.59 Å². The summed E-state index contributed by atoms with van der Waals surface area (Å²) in [6.07, 6.45) is 5.04. The van der Waals surface area contributed by atoms with Gasteiger partial charge in [-0.15, -0.1) is 0 Å². The van der Waals surface area contributed by atoms with E-state index < -0.39 is 5.41 Å². The molecule has 1 aliphatic rings. The molecule has 0 saturated heterocycles. The highest BCUT2D eigenvalue weighted by molar-refractivity contribution is 6.12. The number of hydrogen-bond acceptors (Lipinski definition) is 3. The number of allylic oxidation sites excluding steroid dienone is 2. The third-order valence-corrected chi connectivity index (χ3v) is 3.95. The number of carbonyl (C=O) groups excluding carboxylic acids is 3. The standard InChI is InChI=1S/C17H18O3/c1-17(15(19)10-11-16(17)20)12-6-5-9-14(18)13-7-3-2-4-8-13/h2-5,7-9H,6,10-12H2,1H3/b9-5+. The van der Waals surface area contributed by atoms with E-state index in [1.165, 1.54) is 6.08 Å². The van der Waals surface area contributed by atoms with Gasteiger partial charge in [-0.3, -0.25) is 14.4 Å². The molecule has 3 nitrogen and oxygen atoms in total. The lowest BCUT2D eigenvalue weighted by Crippen LogP contribution is -2.28. The van der Waals surface area contributed by atoms with Gasteiger partial charge in [0, 0.05) is 18.4 Å². The molecular weight excluding hydrogens is 252 g/mol. The van der Waals surface area contributed by atoms with Crippen LogP contribution in [0.15, 0.2) is 42.5 Å². The van der Waals surface area contributed by atoms with Crippen molar-refractivity contribution in [3.8, 4) is 0 Å². The Kier molecular flexibility index (Phi) is 4.28. The Balaban J connectivity index is 1.90. The van der Waals surface area contributed by atoms with Crippen molar-refractivity contribution < 1.29 is 14.4 Å². The van der Waals surface area contributed by atoms with Crippen LogP contribution in [0.4, 0.5) is 0 Å². The lowest BCUT2D eigenvalue weighted by Gasteiger charge is -2.18. The molecule has 0 aromatic heterocycles. The van der Waals surface area contributed by atoms with Gasteiger partial charge in [0.25, 0.3) is 0 Å². The molecule has 0 N–H and O–H groups in total. The van der Waals surface area contributed by atoms with Crippen molar-refractivity contribution in [1.82, 2.24) is 0 Å². The highest BCUT2D eigenvalue weighted by Gasteiger charge is 2.44. The van der Waals surface area contributed by atoms with Gasteiger partial charge in [0.05, 0.1) is 5.41 Å². The molecule has 0 bridgehead atoms. The molecule has 1 aromatic rings. The number of hydrogen-bond donors (Lipinski definition) is 0. The van der Waals surface area contributed by atoms with Crippen LogP contribution in [-0.4, -0.2) is 17.3 Å². The Morgan fingerprint density at radius 3 is 2.35 bits per heavy atom. The molecule has 0 spiro atoms. The zero-order chi connectivity index (χ0) is 14.6. The summed E-state index contributed by atoms with van der Waals surface area (Å²) < 4.78 is 0. The SMILES string of the molecule is CC1(CC/C=C/C(=O)c2ccccc2)C(=O)CCC1=O. The van der Waals surface area contributed by atoms with E-state index >= 15 is 0 Å². The Morgan fingerprint density at radius 1 is 1.15 bits per heavy atom. The molecule has 2 rings (SSSR count). The normalized spacial score (nSPS) is 17.9. The number of rotatable bonds is 5. The second-order valence-corrected chi connectivity index (χ2v) is 5.35. The lowest BCUT2D eigenvalue weighted by atomic mass is 9.82. The first-order chi connectivity index (χ1) is 9.54. The monoisotopic (exact) mass is 270 g/mol. The van der Waals surface area contributed by atoms with Crippen LogP contribution in [0, 0.1) is 5.41 Å². The predicted octanol–water partition coefficient (Wildman–Crippen LogP) is 3.14. The topological polar surface area (TPSA) is 51.2 Å². The van der Waals surface area contributed by atoms with Crippen LogP contribution < -0.4 is 0 Å². The van der Waals surface area contributed by atoms with E-state index in [4.69, 9.17) is 0 Å². The maximum absolute atomic E-state index is 11.8. The fourth-order valence-corrected chi connectivity index (χ4v) is 2.47. The third-order valence-electron chi connectivity index (χ3n) is 3.95. The number of benzene rings is 1. The molecule has 1 saturated carbocycles. The quantitative estimate of drug-likeness (QED) is 0.469. The summed E-state index contributed by atoms with van der Waals surface area (Å²) in [6.45, 7) is 1.72. The van der Waals surface area contributed by atoms with Crippen molar-refractivity contribution in [2.75, 3.05) is 0 Å². The summed E-state index contributed by atoms with van der Waals surface area (Å²) >= 11 is 0. The van der Waals surface area contributed by atoms with Gasteiger partial charge >= 0.3 is 0 Å². The Labute approximate surface area is 118 Å². The van der Waals surface area contributed by atoms with Gasteiger partial charge in [0.1, 0.15) is 11.6 Å². The lowest BCUT2D eigenvalue weighted by molar-refractivity contribution is -0.134. The van der Waals surface area contributed by atoms with E-state index in [-0.39, 0.29) is 17.3 Å². The molecule has 0 heterocycles. The summed E-state index contributed by atoms with van der Waals surface area (Å²) in [7, 11) is 0. The summed E-state index contributed by atoms with van der Waals surface area (Å²) in [5, 5.41) is 0. The largest absolute Gasteiger partial charge is 0.299 e. The van der Waals surface area contributed by atoms with Crippen molar-refractivity contribution in [3.05, 3.63) is 48.0 Å². The fourth-order valence-electron chi connectivity index (χ4n) is 2.47. The first-order valence-corrected chi connectivity index (χ1v) is 6.86. The van der Waals surface area contributed by atoms with Gasteiger partial charge in [-0.2, -0.15) is 0 Å². The smallest absolute Gasteiger partial charge is 0.185 e. The minimum Gasteiger partial charge on any atom is -0.299 e. The van der Waals surface area contributed by atoms with Crippen LogP contribution >= 0.6 is 0 Å². The highest BCUT2D eigenvalue weighted by Crippen LogP contribution is 2.35. The van der Waals surface area contributed by atoms with Gasteiger partial charge in [0.2, 0.25) is 0 Å². The second kappa shape index (κ2) is 5.95. The zero-order valence-corrected chi connectivity index (χ0v) is 11.6. The van der Waals surface area contributed by atoms with Crippen molar-refractivity contribution in [1.29, 1.82) is 0 Å². The van der Waals surface area contributed by atoms with E-state index in [0.717, 1.165) is 0 Å². The van der Waals surface area contributed by atoms with E-state index in [0.29, 0.717) is 31.2 Å². The van der Waals surface area contributed by atoms with Crippen LogP contribution in [0.1, 0.15) is 43.0 Å². The summed E-state index contributed by atoms with van der Waals surface area (Å²) in [4.78, 5) is 35.3. The molecule has 0 aliphatic heterocycles. The van der Waals surface area contributed by atoms with Crippen molar-refractivity contribution in [2.45, 2.75) is 32.6 Å². The molecule has 1 aromatic carbocycles. The summed E-state index contributed by atoms with van der Waals surface area (Å²) in [6, 6.07) is 9.02. The second-order valence-electron chi connectivity index (χ2n) is 5.35. The molecule has 0 amide bonds. The molecule has 104 valence electrons. The van der Waals surface area contributed by atoms with Gasteiger partial charge in [-0.25, -0.2) is 0 Å². The third kappa shape index (κ3) is 2.93. The minimum absolute atomic E-state index is 0.0327. The number of Topliss-reactive ketones (excluding diaryl/α,β-unsaturated/α-hetero) is 2. The van der Waals surface area contributed by atoms with Crippen LogP contribution in [0.2, 0.25) is 0 Å². The number of ketones is 3. The zero-order valence-electron chi connectivity index (χ0n) is 11.6. The first-order valence-electron chi connectivity index (χ1n) is 6.86. The van der Waals surface area contributed by atoms with Gasteiger partial charge < -0.3 is 0 Å². The molecule has 0 atom stereocenters. The van der Waals surface area contributed by atoms with E-state index in [9.17, 15) is 14.4 Å². The van der Waals surface area contributed by atoms with Crippen molar-refractivity contribution in [2.24, 2.45) is 5.41 Å². The first kappa shape index (κ1) is 14.4. The Morgan fingerprint density at radius 2 is 1.75 bits per heavy atom. The summed E-state index contributed by atoms with van der Waals surface area (Å²) in [5.41, 5.74) is -0.192. The van der Waals surface area contributed by atoms with Gasteiger partial charge in [-0.05, 0) is 25.8 Å². The van der Waals surface area contributed by atoms with Crippen LogP contribution in [0.3, 0.4) is 0 Å². The van der Waals surface area contributed by atoms with E-state index in [2.05, 4.69) is 0 Å². The molecule has 1 fully saturated rings. The average Bonchev–Trinajstić information content (AvgIpc) is 2.72. The molecule has 20 heavy (non-hydrogen) atoms. The molecule has 0 unspecified atom stereocenters. The maximum Gasteiger partial charge on any atom is 0.185 e. The molecular formula is C17H18O3. The van der Waals surface area contributed by atoms with Gasteiger partial charge in [-0.1, -0.05) is 36.4 Å². The van der Waals surface area contributed by atoms with Crippen LogP contribution in [0.5, 0.6) is 0 Å². The fraction of sp³-hybridized carbons (Fsp3) is 0.353.